The van der Waals surface area contributed by atoms with Gasteiger partial charge in [-0.25, -0.2) is 4.98 Å². The van der Waals surface area contributed by atoms with E-state index in [-0.39, 0.29) is 0 Å². The summed E-state index contributed by atoms with van der Waals surface area (Å²) in [6, 6.07) is 55.4. The SMILES string of the molecule is C/C(=C\c1ccc2cccnc2c1N)c1cc(-c2cccc(-c3ccccc3)c2)cc(-c2ccc3cc(-c4ccccc4)ccc3n2)c1. The lowest BCUT2D eigenvalue weighted by molar-refractivity contribution is 1.39. The molecule has 0 aliphatic heterocycles. The van der Waals surface area contributed by atoms with E-state index in [4.69, 9.17) is 10.7 Å². The second kappa shape index (κ2) is 12.5. The molecule has 228 valence electrons. The lowest BCUT2D eigenvalue weighted by Gasteiger charge is -2.13. The maximum absolute atomic E-state index is 6.64. The molecular weight excluding hydrogens is 583 g/mol. The highest BCUT2D eigenvalue weighted by atomic mass is 14.7. The largest absolute Gasteiger partial charge is 0.396 e. The zero-order valence-corrected chi connectivity index (χ0v) is 26.6. The highest BCUT2D eigenvalue weighted by molar-refractivity contribution is 5.97. The minimum atomic E-state index is 0.686. The van der Waals surface area contributed by atoms with Crippen molar-refractivity contribution in [2.75, 3.05) is 5.73 Å². The molecule has 2 heterocycles. The standard InChI is InChI=1S/C45H33N3/c1-30(24-38-18-17-33-16-9-23-47-45(33)44(38)46)39-27-40(35-15-8-14-34(25-35)31-10-4-2-5-11-31)29-41(28-39)43-22-20-37-26-36(19-21-42(37)48-43)32-12-6-3-7-13-32/h2-29H,46H2,1H3/b30-24+. The van der Waals surface area contributed by atoms with E-state index < -0.39 is 0 Å². The third kappa shape index (κ3) is 5.74. The third-order valence-corrected chi connectivity index (χ3v) is 9.00. The molecule has 0 aliphatic rings. The van der Waals surface area contributed by atoms with Crippen LogP contribution in [0.5, 0.6) is 0 Å². The zero-order chi connectivity index (χ0) is 32.5. The lowest BCUT2D eigenvalue weighted by atomic mass is 9.92. The molecule has 3 heteroatoms. The Kier molecular flexibility index (Phi) is 7.56. The van der Waals surface area contributed by atoms with E-state index in [0.29, 0.717) is 5.69 Å². The molecule has 48 heavy (non-hydrogen) atoms. The first kappa shape index (κ1) is 29.1. The summed E-state index contributed by atoms with van der Waals surface area (Å²) >= 11 is 0. The van der Waals surface area contributed by atoms with Gasteiger partial charge >= 0.3 is 0 Å². The average Bonchev–Trinajstić information content (AvgIpc) is 3.16. The minimum absolute atomic E-state index is 0.686. The van der Waals surface area contributed by atoms with E-state index in [1.807, 2.05) is 18.2 Å². The van der Waals surface area contributed by atoms with Crippen LogP contribution in [0.15, 0.2) is 164 Å². The Hall–Kier alpha value is -6.32. The Morgan fingerprint density at radius 1 is 0.521 bits per heavy atom. The van der Waals surface area contributed by atoms with Crippen LogP contribution < -0.4 is 5.73 Å². The number of hydrogen-bond donors (Lipinski definition) is 1. The van der Waals surface area contributed by atoms with Crippen LogP contribution in [0, 0.1) is 0 Å². The predicted octanol–water partition coefficient (Wildman–Crippen LogP) is 11.6. The van der Waals surface area contributed by atoms with Gasteiger partial charge in [-0.15, -0.1) is 0 Å². The van der Waals surface area contributed by atoms with Gasteiger partial charge in [0.15, 0.2) is 0 Å². The van der Waals surface area contributed by atoms with Crippen LogP contribution in [0.4, 0.5) is 5.69 Å². The number of benzene rings is 6. The number of nitrogens with zero attached hydrogens (tertiary/aromatic N) is 2. The fourth-order valence-electron chi connectivity index (χ4n) is 6.40. The van der Waals surface area contributed by atoms with Crippen LogP contribution in [0.25, 0.3) is 78.1 Å². The van der Waals surface area contributed by atoms with Crippen molar-refractivity contribution < 1.29 is 0 Å². The van der Waals surface area contributed by atoms with E-state index in [2.05, 4.69) is 158 Å². The van der Waals surface area contributed by atoms with Gasteiger partial charge in [0, 0.05) is 22.5 Å². The van der Waals surface area contributed by atoms with Gasteiger partial charge in [-0.1, -0.05) is 109 Å². The van der Waals surface area contributed by atoms with E-state index >= 15 is 0 Å². The molecule has 0 aliphatic carbocycles. The van der Waals surface area contributed by atoms with Crippen molar-refractivity contribution in [3.05, 3.63) is 175 Å². The predicted molar refractivity (Wildman–Crippen MR) is 203 cm³/mol. The normalized spacial score (nSPS) is 11.6. The van der Waals surface area contributed by atoms with E-state index in [1.54, 1.807) is 6.20 Å². The minimum Gasteiger partial charge on any atom is -0.396 e. The Balaban J connectivity index is 1.25. The molecule has 0 spiro atoms. The fourth-order valence-corrected chi connectivity index (χ4v) is 6.40. The number of nitrogens with two attached hydrogens (primary N) is 1. The summed E-state index contributed by atoms with van der Waals surface area (Å²) in [5.74, 6) is 0. The van der Waals surface area contributed by atoms with Crippen molar-refractivity contribution in [2.45, 2.75) is 6.92 Å². The first-order valence-electron chi connectivity index (χ1n) is 16.2. The van der Waals surface area contributed by atoms with Gasteiger partial charge in [0.1, 0.15) is 0 Å². The molecule has 0 unspecified atom stereocenters. The molecule has 0 saturated carbocycles. The number of rotatable bonds is 6. The van der Waals surface area contributed by atoms with Gasteiger partial charge in [0.05, 0.1) is 22.4 Å². The first-order chi connectivity index (χ1) is 23.6. The molecule has 0 saturated heterocycles. The summed E-state index contributed by atoms with van der Waals surface area (Å²) in [4.78, 5) is 9.71. The smallest absolute Gasteiger partial charge is 0.0937 e. The molecule has 0 bridgehead atoms. The van der Waals surface area contributed by atoms with E-state index in [1.165, 1.54) is 22.3 Å². The van der Waals surface area contributed by atoms with Gasteiger partial charge in [-0.2, -0.15) is 0 Å². The highest BCUT2D eigenvalue weighted by Gasteiger charge is 2.12. The molecule has 8 rings (SSSR count). The second-order valence-electron chi connectivity index (χ2n) is 12.2. The molecular formula is C45H33N3. The quantitative estimate of drug-likeness (QED) is 0.150. The van der Waals surface area contributed by atoms with Crippen molar-refractivity contribution in [1.82, 2.24) is 9.97 Å². The summed E-state index contributed by atoms with van der Waals surface area (Å²) in [6.07, 6.45) is 3.95. The molecule has 0 atom stereocenters. The molecule has 3 nitrogen and oxygen atoms in total. The Bertz CT molecular complexity index is 2460. The Morgan fingerprint density at radius 2 is 1.17 bits per heavy atom. The average molecular weight is 616 g/mol. The van der Waals surface area contributed by atoms with Crippen molar-refractivity contribution in [3.8, 4) is 44.6 Å². The Morgan fingerprint density at radius 3 is 1.94 bits per heavy atom. The Labute approximate surface area is 280 Å². The molecule has 6 aromatic carbocycles. The maximum Gasteiger partial charge on any atom is 0.0937 e. The third-order valence-electron chi connectivity index (χ3n) is 9.00. The van der Waals surface area contributed by atoms with Crippen molar-refractivity contribution in [2.24, 2.45) is 0 Å². The van der Waals surface area contributed by atoms with Crippen LogP contribution >= 0.6 is 0 Å². The number of pyridine rings is 2. The van der Waals surface area contributed by atoms with Gasteiger partial charge in [-0.05, 0) is 112 Å². The van der Waals surface area contributed by atoms with Gasteiger partial charge < -0.3 is 5.73 Å². The summed E-state index contributed by atoms with van der Waals surface area (Å²) in [6.45, 7) is 2.14. The molecule has 0 amide bonds. The summed E-state index contributed by atoms with van der Waals surface area (Å²) in [5, 5.41) is 2.15. The lowest BCUT2D eigenvalue weighted by Crippen LogP contribution is -1.94. The molecule has 2 N–H and O–H groups in total. The topological polar surface area (TPSA) is 51.8 Å². The second-order valence-corrected chi connectivity index (χ2v) is 12.2. The van der Waals surface area contributed by atoms with Gasteiger partial charge in [0.25, 0.3) is 0 Å². The fraction of sp³-hybridized carbons (Fsp3) is 0.0222. The highest BCUT2D eigenvalue weighted by Crippen LogP contribution is 2.35. The van der Waals surface area contributed by atoms with E-state index in [0.717, 1.165) is 60.9 Å². The number of fused-ring (bicyclic) bond motifs is 2. The van der Waals surface area contributed by atoms with Gasteiger partial charge in [-0.3, -0.25) is 4.98 Å². The van der Waals surface area contributed by atoms with Crippen molar-refractivity contribution >= 4 is 39.1 Å². The maximum atomic E-state index is 6.64. The van der Waals surface area contributed by atoms with Crippen molar-refractivity contribution in [1.29, 1.82) is 0 Å². The van der Waals surface area contributed by atoms with Crippen LogP contribution in [-0.4, -0.2) is 9.97 Å². The van der Waals surface area contributed by atoms with Crippen LogP contribution in [-0.2, 0) is 0 Å². The van der Waals surface area contributed by atoms with Crippen LogP contribution in [0.2, 0.25) is 0 Å². The number of anilines is 1. The van der Waals surface area contributed by atoms with Crippen molar-refractivity contribution in [3.63, 3.8) is 0 Å². The molecule has 2 aromatic heterocycles. The zero-order valence-electron chi connectivity index (χ0n) is 26.6. The molecule has 8 aromatic rings. The van der Waals surface area contributed by atoms with Gasteiger partial charge in [0.2, 0.25) is 0 Å². The number of hydrogen-bond acceptors (Lipinski definition) is 3. The monoisotopic (exact) mass is 615 g/mol. The number of nitrogen functional groups attached to an aromatic ring is 1. The summed E-state index contributed by atoms with van der Waals surface area (Å²) < 4.78 is 0. The van der Waals surface area contributed by atoms with E-state index in [9.17, 15) is 0 Å². The van der Waals surface area contributed by atoms with Crippen LogP contribution in [0.3, 0.4) is 0 Å². The molecule has 0 fully saturated rings. The summed E-state index contributed by atoms with van der Waals surface area (Å²) in [7, 11) is 0. The molecule has 0 radical (unpaired) electrons. The first-order valence-corrected chi connectivity index (χ1v) is 16.2. The number of allylic oxidation sites excluding steroid dienone is 1. The van der Waals surface area contributed by atoms with Crippen LogP contribution in [0.1, 0.15) is 18.1 Å². The number of aromatic nitrogens is 2. The summed E-state index contributed by atoms with van der Waals surface area (Å²) in [5.41, 5.74) is 21.3.